The van der Waals surface area contributed by atoms with Gasteiger partial charge in [-0.2, -0.15) is 0 Å². The predicted octanol–water partition coefficient (Wildman–Crippen LogP) is 7.44. The van der Waals surface area contributed by atoms with Crippen molar-refractivity contribution in [3.8, 4) is 11.5 Å². The van der Waals surface area contributed by atoms with E-state index in [1.54, 1.807) is 26.0 Å². The van der Waals surface area contributed by atoms with Crippen LogP contribution in [0.1, 0.15) is 94.9 Å². The third-order valence-electron chi connectivity index (χ3n) is 5.56. The van der Waals surface area contributed by atoms with Crippen LogP contribution in [0.15, 0.2) is 60.7 Å². The van der Waals surface area contributed by atoms with Gasteiger partial charge in [0.1, 0.15) is 11.5 Å². The van der Waals surface area contributed by atoms with Crippen molar-refractivity contribution >= 4 is 11.9 Å². The molecule has 0 radical (unpaired) electrons. The number of esters is 2. The molecule has 2 aromatic carbocycles. The summed E-state index contributed by atoms with van der Waals surface area (Å²) in [6, 6.07) is 11.8. The lowest BCUT2D eigenvalue weighted by atomic mass is 9.79. The van der Waals surface area contributed by atoms with Crippen molar-refractivity contribution in [3.63, 3.8) is 0 Å². The number of carbonyl (C=O) groups excluding carboxylic acids is 2. The zero-order valence-corrected chi connectivity index (χ0v) is 20.8. The first kappa shape index (κ1) is 26.1. The van der Waals surface area contributed by atoms with E-state index in [0.29, 0.717) is 11.5 Å². The largest absolute Gasteiger partial charge is 0.423 e. The predicted molar refractivity (Wildman–Crippen MR) is 134 cm³/mol. The highest BCUT2D eigenvalue weighted by atomic mass is 16.5. The van der Waals surface area contributed by atoms with Crippen molar-refractivity contribution < 1.29 is 19.1 Å². The van der Waals surface area contributed by atoms with Gasteiger partial charge in [0.05, 0.1) is 0 Å². The van der Waals surface area contributed by atoms with Gasteiger partial charge in [-0.1, -0.05) is 58.9 Å². The Balaban J connectivity index is 2.52. The Hall–Kier alpha value is -3.14. The van der Waals surface area contributed by atoms with Crippen LogP contribution in [0.25, 0.3) is 0 Å². The molecule has 0 bridgehead atoms. The van der Waals surface area contributed by atoms with Gasteiger partial charge in [-0.25, -0.2) is 9.59 Å². The fraction of sp³-hybridized carbons (Fsp3) is 0.379. The molecule has 0 fully saturated rings. The molecule has 4 heteroatoms. The second-order valence-corrected chi connectivity index (χ2v) is 8.69. The van der Waals surface area contributed by atoms with Gasteiger partial charge < -0.3 is 9.47 Å². The van der Waals surface area contributed by atoms with Crippen LogP contribution in [0.4, 0.5) is 0 Å². The second kappa shape index (κ2) is 12.2. The Morgan fingerprint density at radius 3 is 1.42 bits per heavy atom. The van der Waals surface area contributed by atoms with E-state index in [1.165, 1.54) is 23.3 Å². The molecule has 0 amide bonds. The quantitative estimate of drug-likeness (QED) is 0.227. The van der Waals surface area contributed by atoms with Crippen LogP contribution in [0.5, 0.6) is 11.5 Å². The fourth-order valence-electron chi connectivity index (χ4n) is 4.05. The molecule has 0 heterocycles. The highest BCUT2D eigenvalue weighted by molar-refractivity contribution is 5.84. The number of ether oxygens (including phenoxy) is 2. The maximum absolute atomic E-state index is 11.9. The number of carbonyl (C=O) groups is 2. The average Bonchev–Trinajstić information content (AvgIpc) is 2.75. The summed E-state index contributed by atoms with van der Waals surface area (Å²) in [5.41, 5.74) is 4.76. The molecular formula is C29H36O4. The molecule has 33 heavy (non-hydrogen) atoms. The molecule has 0 aliphatic heterocycles. The van der Waals surface area contributed by atoms with E-state index in [2.05, 4.69) is 46.8 Å². The molecule has 0 saturated carbocycles. The SMILES string of the molecule is CC=CC(=O)Oc1ccc(C(CC)c2ccc(OC(=O)C=CC)cc2C(C)C)c(C(C)C)c1. The number of hydrogen-bond acceptors (Lipinski definition) is 4. The van der Waals surface area contributed by atoms with E-state index in [1.807, 2.05) is 24.3 Å². The summed E-state index contributed by atoms with van der Waals surface area (Å²) in [4.78, 5) is 23.8. The van der Waals surface area contributed by atoms with Gasteiger partial charge in [0.15, 0.2) is 0 Å². The van der Waals surface area contributed by atoms with Crippen LogP contribution in [-0.4, -0.2) is 11.9 Å². The number of rotatable bonds is 9. The highest BCUT2D eigenvalue weighted by Crippen LogP contribution is 2.39. The third-order valence-corrected chi connectivity index (χ3v) is 5.56. The first-order valence-electron chi connectivity index (χ1n) is 11.7. The lowest BCUT2D eigenvalue weighted by molar-refractivity contribution is -0.129. The minimum atomic E-state index is -0.378. The van der Waals surface area contributed by atoms with Gasteiger partial charge in [-0.3, -0.25) is 0 Å². The smallest absolute Gasteiger partial charge is 0.335 e. The molecule has 0 atom stereocenters. The summed E-state index contributed by atoms with van der Waals surface area (Å²) in [5, 5.41) is 0. The molecule has 0 saturated heterocycles. The molecule has 0 unspecified atom stereocenters. The first-order valence-corrected chi connectivity index (χ1v) is 11.7. The fourth-order valence-corrected chi connectivity index (χ4v) is 4.05. The van der Waals surface area contributed by atoms with Crippen LogP contribution < -0.4 is 9.47 Å². The standard InChI is InChI=1S/C29H36O4/c1-8-11-28(30)32-21-13-15-24(26(17-21)19(4)5)23(10-3)25-16-14-22(18-27(25)20(6)7)33-29(31)12-9-2/h8-9,11-20,23H,10H2,1-7H3. The number of benzene rings is 2. The summed E-state index contributed by atoms with van der Waals surface area (Å²) in [5.74, 6) is 1.04. The highest BCUT2D eigenvalue weighted by Gasteiger charge is 2.23. The van der Waals surface area contributed by atoms with Crippen LogP contribution in [0.3, 0.4) is 0 Å². The molecule has 0 N–H and O–H groups in total. The Morgan fingerprint density at radius 1 is 0.727 bits per heavy atom. The van der Waals surface area contributed by atoms with Gasteiger partial charge in [0, 0.05) is 18.1 Å². The maximum atomic E-state index is 11.9. The van der Waals surface area contributed by atoms with Crippen molar-refractivity contribution in [2.24, 2.45) is 0 Å². The topological polar surface area (TPSA) is 52.6 Å². The summed E-state index contributed by atoms with van der Waals surface area (Å²) >= 11 is 0. The van der Waals surface area contributed by atoms with Gasteiger partial charge in [0.25, 0.3) is 0 Å². The summed E-state index contributed by atoms with van der Waals surface area (Å²) in [6.45, 7) is 14.3. The normalized spacial score (nSPS) is 12.6. The molecule has 2 aromatic rings. The molecule has 0 spiro atoms. The Kier molecular flexibility index (Phi) is 9.65. The third kappa shape index (κ3) is 6.92. The van der Waals surface area contributed by atoms with Crippen molar-refractivity contribution in [1.29, 1.82) is 0 Å². The van der Waals surface area contributed by atoms with E-state index in [-0.39, 0.29) is 29.7 Å². The lowest BCUT2D eigenvalue weighted by Gasteiger charge is -2.26. The Bertz CT molecular complexity index is 946. The van der Waals surface area contributed by atoms with Crippen LogP contribution in [0.2, 0.25) is 0 Å². The average molecular weight is 449 g/mol. The van der Waals surface area contributed by atoms with E-state index in [0.717, 1.165) is 17.5 Å². The second-order valence-electron chi connectivity index (χ2n) is 8.69. The zero-order chi connectivity index (χ0) is 24.5. The van der Waals surface area contributed by atoms with Crippen molar-refractivity contribution in [2.45, 2.75) is 72.6 Å². The van der Waals surface area contributed by atoms with E-state index < -0.39 is 0 Å². The summed E-state index contributed by atoms with van der Waals surface area (Å²) in [7, 11) is 0. The molecule has 4 nitrogen and oxygen atoms in total. The van der Waals surface area contributed by atoms with Gasteiger partial charge in [-0.15, -0.1) is 0 Å². The van der Waals surface area contributed by atoms with Gasteiger partial charge in [0.2, 0.25) is 0 Å². The van der Waals surface area contributed by atoms with Gasteiger partial charge >= 0.3 is 11.9 Å². The molecule has 0 aromatic heterocycles. The van der Waals surface area contributed by atoms with Crippen molar-refractivity contribution in [3.05, 3.63) is 83.0 Å². The molecule has 0 aliphatic rings. The van der Waals surface area contributed by atoms with Gasteiger partial charge in [-0.05, 0) is 78.6 Å². The first-order chi connectivity index (χ1) is 15.7. The molecule has 0 aliphatic carbocycles. The van der Waals surface area contributed by atoms with E-state index in [9.17, 15) is 9.59 Å². The van der Waals surface area contributed by atoms with Crippen LogP contribution in [-0.2, 0) is 9.59 Å². The summed E-state index contributed by atoms with van der Waals surface area (Å²) in [6.07, 6.45) is 7.07. The molecule has 176 valence electrons. The van der Waals surface area contributed by atoms with E-state index >= 15 is 0 Å². The Morgan fingerprint density at radius 2 is 1.12 bits per heavy atom. The molecule has 2 rings (SSSR count). The monoisotopic (exact) mass is 448 g/mol. The molecular weight excluding hydrogens is 412 g/mol. The number of allylic oxidation sites excluding steroid dienone is 2. The summed E-state index contributed by atoms with van der Waals surface area (Å²) < 4.78 is 10.9. The Labute approximate surface area is 198 Å². The maximum Gasteiger partial charge on any atom is 0.335 e. The zero-order valence-electron chi connectivity index (χ0n) is 20.8. The minimum absolute atomic E-state index is 0.167. The lowest BCUT2D eigenvalue weighted by Crippen LogP contribution is -2.11. The minimum Gasteiger partial charge on any atom is -0.423 e. The number of hydrogen-bond donors (Lipinski definition) is 0. The van der Waals surface area contributed by atoms with Crippen molar-refractivity contribution in [1.82, 2.24) is 0 Å². The van der Waals surface area contributed by atoms with Crippen LogP contribution >= 0.6 is 0 Å². The van der Waals surface area contributed by atoms with E-state index in [4.69, 9.17) is 9.47 Å². The van der Waals surface area contributed by atoms with Crippen molar-refractivity contribution in [2.75, 3.05) is 0 Å². The van der Waals surface area contributed by atoms with Crippen LogP contribution in [0, 0.1) is 0 Å².